The molecule has 1 aromatic rings. The number of epoxide rings is 1. The minimum atomic E-state index is -0.645. The molecule has 3 fully saturated rings. The topological polar surface area (TPSA) is 54.1 Å². The van der Waals surface area contributed by atoms with Crippen LogP contribution in [-0.2, 0) is 14.3 Å². The average Bonchev–Trinajstić information content (AvgIpc) is 3.45. The standard InChI is InChI=1S/C24H34F2N2O3/c1-24(2,3)31-23-22(30-23)28-14-19(16-11-17(25)13-18(26)12-16)27-21(29)20(28)10-15-8-6-4-5-7-9-15/h11-13,15,19-20,22-23H,4-10,14H2,1-3H3,(H,27,29). The third-order valence-corrected chi connectivity index (χ3v) is 6.46. The molecule has 1 N–H and O–H groups in total. The van der Waals surface area contributed by atoms with Crippen LogP contribution in [0.25, 0.3) is 0 Å². The zero-order valence-electron chi connectivity index (χ0n) is 18.7. The zero-order chi connectivity index (χ0) is 22.2. The lowest BCUT2D eigenvalue weighted by molar-refractivity contribution is -0.133. The fraction of sp³-hybridized carbons (Fsp3) is 0.708. The summed E-state index contributed by atoms with van der Waals surface area (Å²) in [4.78, 5) is 15.3. The monoisotopic (exact) mass is 436 g/mol. The molecule has 2 aliphatic heterocycles. The molecule has 3 aliphatic rings. The lowest BCUT2D eigenvalue weighted by Crippen LogP contribution is -2.58. The lowest BCUT2D eigenvalue weighted by atomic mass is 9.89. The number of nitrogens with zero attached hydrogens (tertiary/aromatic N) is 1. The summed E-state index contributed by atoms with van der Waals surface area (Å²) < 4.78 is 39.4. The molecule has 0 radical (unpaired) electrons. The maximum absolute atomic E-state index is 13.8. The fourth-order valence-electron chi connectivity index (χ4n) is 4.97. The number of halogens is 2. The van der Waals surface area contributed by atoms with E-state index in [1.54, 1.807) is 0 Å². The smallest absolute Gasteiger partial charge is 0.237 e. The molecule has 0 aromatic heterocycles. The number of carbonyl (C=O) groups excluding carboxylic acids is 1. The fourth-order valence-corrected chi connectivity index (χ4v) is 4.97. The van der Waals surface area contributed by atoms with Gasteiger partial charge in [-0.05, 0) is 50.8 Å². The van der Waals surface area contributed by atoms with Crippen molar-refractivity contribution in [1.29, 1.82) is 0 Å². The Hall–Kier alpha value is -1.57. The van der Waals surface area contributed by atoms with Gasteiger partial charge in [0.1, 0.15) is 11.6 Å². The summed E-state index contributed by atoms with van der Waals surface area (Å²) in [5, 5.41) is 3.01. The Morgan fingerprint density at radius 3 is 2.35 bits per heavy atom. The zero-order valence-corrected chi connectivity index (χ0v) is 18.7. The van der Waals surface area contributed by atoms with Crippen molar-refractivity contribution in [2.24, 2.45) is 5.92 Å². The first-order valence-corrected chi connectivity index (χ1v) is 11.5. The van der Waals surface area contributed by atoms with Gasteiger partial charge in [0.15, 0.2) is 12.5 Å². The van der Waals surface area contributed by atoms with Crippen molar-refractivity contribution in [3.8, 4) is 0 Å². The minimum Gasteiger partial charge on any atom is -0.347 e. The first kappa shape index (κ1) is 22.6. The molecule has 7 heteroatoms. The molecule has 0 spiro atoms. The molecule has 1 aliphatic carbocycles. The van der Waals surface area contributed by atoms with Crippen LogP contribution in [0, 0.1) is 17.6 Å². The summed E-state index contributed by atoms with van der Waals surface area (Å²) >= 11 is 0. The third kappa shape index (κ3) is 5.82. The van der Waals surface area contributed by atoms with Gasteiger partial charge in [-0.2, -0.15) is 0 Å². The Kier molecular flexibility index (Phi) is 6.65. The van der Waals surface area contributed by atoms with E-state index < -0.39 is 24.0 Å². The predicted molar refractivity (Wildman–Crippen MR) is 113 cm³/mol. The maximum atomic E-state index is 13.8. The third-order valence-electron chi connectivity index (χ3n) is 6.46. The molecule has 4 atom stereocenters. The Morgan fingerprint density at radius 1 is 1.10 bits per heavy atom. The first-order chi connectivity index (χ1) is 14.7. The van der Waals surface area contributed by atoms with Crippen LogP contribution in [0.3, 0.4) is 0 Å². The van der Waals surface area contributed by atoms with E-state index in [9.17, 15) is 13.6 Å². The van der Waals surface area contributed by atoms with Crippen molar-refractivity contribution in [2.75, 3.05) is 6.54 Å². The maximum Gasteiger partial charge on any atom is 0.237 e. The van der Waals surface area contributed by atoms with Gasteiger partial charge in [0.25, 0.3) is 0 Å². The summed E-state index contributed by atoms with van der Waals surface area (Å²) in [6, 6.07) is 2.60. The highest BCUT2D eigenvalue weighted by atomic mass is 19.1. The van der Waals surface area contributed by atoms with Crippen LogP contribution >= 0.6 is 0 Å². The van der Waals surface area contributed by atoms with Crippen molar-refractivity contribution >= 4 is 5.91 Å². The van der Waals surface area contributed by atoms with E-state index in [1.165, 1.54) is 37.8 Å². The van der Waals surface area contributed by atoms with E-state index in [0.717, 1.165) is 25.3 Å². The van der Waals surface area contributed by atoms with Gasteiger partial charge in [0, 0.05) is 12.6 Å². The number of piperazine rings is 1. The molecule has 2 heterocycles. The van der Waals surface area contributed by atoms with Crippen LogP contribution in [-0.4, -0.2) is 41.5 Å². The number of amides is 1. The van der Waals surface area contributed by atoms with Crippen LogP contribution in [0.4, 0.5) is 8.78 Å². The molecule has 1 saturated carbocycles. The van der Waals surface area contributed by atoms with Gasteiger partial charge in [0.2, 0.25) is 5.91 Å². The van der Waals surface area contributed by atoms with Gasteiger partial charge in [0.05, 0.1) is 17.7 Å². The number of rotatable bonds is 5. The molecule has 4 rings (SSSR count). The quantitative estimate of drug-likeness (QED) is 0.539. The molecule has 0 bridgehead atoms. The molecule has 4 unspecified atom stereocenters. The van der Waals surface area contributed by atoms with Crippen molar-refractivity contribution < 1.29 is 23.0 Å². The minimum absolute atomic E-state index is 0.102. The van der Waals surface area contributed by atoms with Crippen LogP contribution in [0.1, 0.15) is 77.3 Å². The van der Waals surface area contributed by atoms with Crippen LogP contribution < -0.4 is 5.32 Å². The number of hydrogen-bond acceptors (Lipinski definition) is 4. The molecule has 172 valence electrons. The van der Waals surface area contributed by atoms with Crippen LogP contribution in [0.2, 0.25) is 0 Å². The largest absolute Gasteiger partial charge is 0.347 e. The summed E-state index contributed by atoms with van der Waals surface area (Å²) in [5.41, 5.74) is 0.0667. The van der Waals surface area contributed by atoms with E-state index in [2.05, 4.69) is 5.32 Å². The Morgan fingerprint density at radius 2 is 1.74 bits per heavy atom. The molecule has 31 heavy (non-hydrogen) atoms. The first-order valence-electron chi connectivity index (χ1n) is 11.5. The van der Waals surface area contributed by atoms with Gasteiger partial charge in [-0.15, -0.1) is 0 Å². The van der Waals surface area contributed by atoms with E-state index in [1.807, 2.05) is 25.7 Å². The summed E-state index contributed by atoms with van der Waals surface area (Å²) in [6.45, 7) is 6.34. The van der Waals surface area contributed by atoms with E-state index in [-0.39, 0.29) is 23.8 Å². The van der Waals surface area contributed by atoms with Crippen molar-refractivity contribution in [3.05, 3.63) is 35.4 Å². The van der Waals surface area contributed by atoms with Crippen molar-refractivity contribution in [1.82, 2.24) is 10.2 Å². The molecule has 5 nitrogen and oxygen atoms in total. The van der Waals surface area contributed by atoms with Gasteiger partial charge >= 0.3 is 0 Å². The highest BCUT2D eigenvalue weighted by molar-refractivity contribution is 5.83. The highest BCUT2D eigenvalue weighted by Crippen LogP contribution is 2.38. The van der Waals surface area contributed by atoms with E-state index in [4.69, 9.17) is 9.47 Å². The Bertz CT molecular complexity index is 769. The summed E-state index contributed by atoms with van der Waals surface area (Å²) in [7, 11) is 0. The second kappa shape index (κ2) is 9.12. The normalized spacial score (nSPS) is 30.7. The van der Waals surface area contributed by atoms with Crippen molar-refractivity contribution in [2.45, 2.75) is 95.9 Å². The number of ether oxygens (including phenoxy) is 2. The molecular formula is C24H34F2N2O3. The van der Waals surface area contributed by atoms with Gasteiger partial charge in [-0.25, -0.2) is 8.78 Å². The second-order valence-corrected chi connectivity index (χ2v) is 10.2. The Labute approximate surface area is 183 Å². The number of benzene rings is 1. The highest BCUT2D eigenvalue weighted by Gasteiger charge is 2.52. The summed E-state index contributed by atoms with van der Waals surface area (Å²) in [6.07, 6.45) is 7.29. The van der Waals surface area contributed by atoms with Crippen LogP contribution in [0.15, 0.2) is 18.2 Å². The van der Waals surface area contributed by atoms with E-state index in [0.29, 0.717) is 18.0 Å². The molecular weight excluding hydrogens is 402 g/mol. The predicted octanol–water partition coefficient (Wildman–Crippen LogP) is 4.66. The van der Waals surface area contributed by atoms with E-state index >= 15 is 0 Å². The SMILES string of the molecule is CC(C)(C)OC1OC1N1CC(c2cc(F)cc(F)c2)NC(=O)C1CC1CCCCCC1. The summed E-state index contributed by atoms with van der Waals surface area (Å²) in [5.74, 6) is -0.888. The average molecular weight is 437 g/mol. The van der Waals surface area contributed by atoms with Gasteiger partial charge in [-0.1, -0.05) is 38.5 Å². The number of carbonyl (C=O) groups is 1. The number of hydrogen-bond donors (Lipinski definition) is 1. The molecule has 1 aromatic carbocycles. The van der Waals surface area contributed by atoms with Gasteiger partial charge < -0.3 is 14.8 Å². The van der Waals surface area contributed by atoms with Gasteiger partial charge in [-0.3, -0.25) is 9.69 Å². The number of nitrogens with one attached hydrogen (secondary N) is 1. The van der Waals surface area contributed by atoms with Crippen molar-refractivity contribution in [3.63, 3.8) is 0 Å². The molecule has 2 saturated heterocycles. The second-order valence-electron chi connectivity index (χ2n) is 10.2. The van der Waals surface area contributed by atoms with Crippen LogP contribution in [0.5, 0.6) is 0 Å². The Balaban J connectivity index is 1.53. The lowest BCUT2D eigenvalue weighted by Gasteiger charge is -2.40. The molecule has 1 amide bonds.